The number of epoxide rings is 1. The summed E-state index contributed by atoms with van der Waals surface area (Å²) in [7, 11) is 0. The molecule has 160 valence electrons. The molecule has 1 saturated heterocycles. The van der Waals surface area contributed by atoms with Crippen LogP contribution in [-0.4, -0.2) is 36.4 Å². The van der Waals surface area contributed by atoms with E-state index in [-0.39, 0.29) is 64.4 Å². The SMILES string of the molecule is C=C[C@]1(C)C=C2[C@H]([C@H](OC(C)=O)C1)[C@@]1(C)[C@H](OC(C)=O)CCC(C)(C)[C@@H]1[C@H]1O[C@@H]21. The summed E-state index contributed by atoms with van der Waals surface area (Å²) in [6, 6.07) is 0. The Morgan fingerprint density at radius 2 is 1.83 bits per heavy atom. The van der Waals surface area contributed by atoms with Gasteiger partial charge in [0, 0.05) is 36.5 Å². The molecule has 0 amide bonds. The number of carbonyl (C=O) groups is 2. The number of fused-ring (bicyclic) bond motifs is 6. The van der Waals surface area contributed by atoms with Gasteiger partial charge in [-0.2, -0.15) is 0 Å². The minimum atomic E-state index is -0.362. The third kappa shape index (κ3) is 3.08. The van der Waals surface area contributed by atoms with Crippen molar-refractivity contribution in [1.29, 1.82) is 0 Å². The van der Waals surface area contributed by atoms with E-state index in [1.54, 1.807) is 0 Å². The van der Waals surface area contributed by atoms with Crippen molar-refractivity contribution in [3.63, 3.8) is 0 Å². The van der Waals surface area contributed by atoms with Gasteiger partial charge in [0.2, 0.25) is 0 Å². The summed E-state index contributed by atoms with van der Waals surface area (Å²) >= 11 is 0. The highest BCUT2D eigenvalue weighted by molar-refractivity contribution is 5.67. The van der Waals surface area contributed by atoms with E-state index in [2.05, 4.69) is 40.3 Å². The average molecular weight is 403 g/mol. The maximum atomic E-state index is 12.0. The van der Waals surface area contributed by atoms with E-state index >= 15 is 0 Å². The van der Waals surface area contributed by atoms with Gasteiger partial charge in [-0.05, 0) is 30.3 Å². The summed E-state index contributed by atoms with van der Waals surface area (Å²) in [5.41, 5.74) is 0.631. The van der Waals surface area contributed by atoms with Crippen molar-refractivity contribution in [2.75, 3.05) is 0 Å². The molecular formula is C24H34O5. The Kier molecular flexibility index (Phi) is 4.58. The fourth-order valence-electron chi connectivity index (χ4n) is 7.02. The first kappa shape index (κ1) is 20.6. The number of carbonyl (C=O) groups excluding carboxylic acids is 2. The molecule has 29 heavy (non-hydrogen) atoms. The zero-order valence-corrected chi connectivity index (χ0v) is 18.5. The van der Waals surface area contributed by atoms with Crippen LogP contribution in [-0.2, 0) is 23.8 Å². The lowest BCUT2D eigenvalue weighted by atomic mass is 9.44. The Morgan fingerprint density at radius 1 is 1.17 bits per heavy atom. The number of allylic oxidation sites excluding steroid dienone is 2. The van der Waals surface area contributed by atoms with Crippen molar-refractivity contribution >= 4 is 11.9 Å². The summed E-state index contributed by atoms with van der Waals surface area (Å²) < 4.78 is 18.1. The quantitative estimate of drug-likeness (QED) is 0.402. The van der Waals surface area contributed by atoms with Crippen LogP contribution in [0.2, 0.25) is 0 Å². The minimum Gasteiger partial charge on any atom is -0.462 e. The summed E-state index contributed by atoms with van der Waals surface area (Å²) in [6.45, 7) is 15.9. The fraction of sp³-hybridized carbons (Fsp3) is 0.750. The van der Waals surface area contributed by atoms with Crippen molar-refractivity contribution in [3.05, 3.63) is 24.3 Å². The largest absolute Gasteiger partial charge is 0.462 e. The molecule has 0 aromatic heterocycles. The van der Waals surface area contributed by atoms with Crippen LogP contribution in [0.4, 0.5) is 0 Å². The molecule has 5 heteroatoms. The number of hydrogen-bond donors (Lipinski definition) is 0. The molecule has 0 spiro atoms. The second kappa shape index (κ2) is 6.44. The van der Waals surface area contributed by atoms with Gasteiger partial charge >= 0.3 is 11.9 Å². The molecule has 3 aliphatic carbocycles. The average Bonchev–Trinajstić information content (AvgIpc) is 3.36. The zero-order valence-electron chi connectivity index (χ0n) is 18.5. The molecule has 0 aromatic rings. The van der Waals surface area contributed by atoms with E-state index in [1.807, 2.05) is 6.08 Å². The Hall–Kier alpha value is -1.62. The van der Waals surface area contributed by atoms with Crippen LogP contribution in [0.3, 0.4) is 0 Å². The lowest BCUT2D eigenvalue weighted by Crippen LogP contribution is -2.63. The Labute approximate surface area is 173 Å². The number of ether oxygens (including phenoxy) is 3. The second-order valence-corrected chi connectivity index (χ2v) is 10.7. The first-order valence-corrected chi connectivity index (χ1v) is 10.8. The van der Waals surface area contributed by atoms with Crippen molar-refractivity contribution in [1.82, 2.24) is 0 Å². The van der Waals surface area contributed by atoms with Gasteiger partial charge in [-0.15, -0.1) is 6.58 Å². The lowest BCUT2D eigenvalue weighted by molar-refractivity contribution is -0.196. The molecule has 1 heterocycles. The van der Waals surface area contributed by atoms with Gasteiger partial charge in [-0.3, -0.25) is 9.59 Å². The molecule has 4 aliphatic rings. The van der Waals surface area contributed by atoms with Crippen molar-refractivity contribution in [2.24, 2.45) is 28.1 Å². The van der Waals surface area contributed by atoms with E-state index < -0.39 is 0 Å². The standard InChI is InChI=1S/C24H34O5/c1-8-23(6)11-15-18(16(12-23)27-13(2)25)24(7)17(28-14(3)26)9-10-22(4,5)21(24)20-19(15)29-20/h8,11,16-21H,1,9-10,12H2,2-7H3/t16-,17-,18-,19+,20+,21+,23-,24-/m1/s1. The molecule has 1 aliphatic heterocycles. The maximum Gasteiger partial charge on any atom is 0.302 e. The van der Waals surface area contributed by atoms with Gasteiger partial charge in [0.15, 0.2) is 0 Å². The third-order valence-electron chi connectivity index (χ3n) is 8.07. The molecular weight excluding hydrogens is 368 g/mol. The Balaban J connectivity index is 1.88. The van der Waals surface area contributed by atoms with E-state index in [1.165, 1.54) is 19.4 Å². The molecule has 4 rings (SSSR count). The normalized spacial score (nSPS) is 46.9. The van der Waals surface area contributed by atoms with Gasteiger partial charge in [0.25, 0.3) is 0 Å². The fourth-order valence-corrected chi connectivity index (χ4v) is 7.02. The zero-order chi connectivity index (χ0) is 21.4. The Bertz CT molecular complexity index is 782. The predicted molar refractivity (Wildman–Crippen MR) is 109 cm³/mol. The summed E-state index contributed by atoms with van der Waals surface area (Å²) in [4.78, 5) is 24.0. The van der Waals surface area contributed by atoms with E-state index in [0.29, 0.717) is 6.42 Å². The smallest absolute Gasteiger partial charge is 0.302 e. The van der Waals surface area contributed by atoms with Crippen LogP contribution in [0.1, 0.15) is 60.8 Å². The third-order valence-corrected chi connectivity index (χ3v) is 8.07. The summed E-state index contributed by atoms with van der Waals surface area (Å²) in [5, 5.41) is 0. The number of hydrogen-bond acceptors (Lipinski definition) is 5. The van der Waals surface area contributed by atoms with Crippen LogP contribution in [0.25, 0.3) is 0 Å². The molecule has 0 aromatic carbocycles. The van der Waals surface area contributed by atoms with Gasteiger partial charge in [-0.1, -0.05) is 39.8 Å². The molecule has 5 nitrogen and oxygen atoms in total. The van der Waals surface area contributed by atoms with Gasteiger partial charge in [0.05, 0.1) is 6.10 Å². The number of esters is 2. The molecule has 3 fully saturated rings. The van der Waals surface area contributed by atoms with Gasteiger partial charge < -0.3 is 14.2 Å². The van der Waals surface area contributed by atoms with Gasteiger partial charge in [0.1, 0.15) is 18.3 Å². The van der Waals surface area contributed by atoms with E-state index in [4.69, 9.17) is 14.2 Å². The van der Waals surface area contributed by atoms with Gasteiger partial charge in [-0.25, -0.2) is 0 Å². The maximum absolute atomic E-state index is 12.0. The van der Waals surface area contributed by atoms with Crippen molar-refractivity contribution in [3.8, 4) is 0 Å². The van der Waals surface area contributed by atoms with E-state index in [0.717, 1.165) is 12.8 Å². The van der Waals surface area contributed by atoms with Crippen LogP contribution < -0.4 is 0 Å². The number of rotatable bonds is 3. The van der Waals surface area contributed by atoms with Crippen molar-refractivity contribution in [2.45, 2.75) is 85.2 Å². The molecule has 0 bridgehead atoms. The first-order chi connectivity index (χ1) is 13.4. The molecule has 8 atom stereocenters. The first-order valence-electron chi connectivity index (χ1n) is 10.8. The Morgan fingerprint density at radius 3 is 2.41 bits per heavy atom. The highest BCUT2D eigenvalue weighted by atomic mass is 16.6. The lowest BCUT2D eigenvalue weighted by Gasteiger charge is -2.61. The second-order valence-electron chi connectivity index (χ2n) is 10.7. The predicted octanol–water partition coefficient (Wildman–Crippen LogP) is 4.21. The van der Waals surface area contributed by atoms with Crippen LogP contribution >= 0.6 is 0 Å². The molecule has 0 radical (unpaired) electrons. The summed E-state index contributed by atoms with van der Waals surface area (Å²) in [5.74, 6) is -0.334. The summed E-state index contributed by atoms with van der Waals surface area (Å²) in [6.07, 6.45) is 6.36. The molecule has 0 N–H and O–H groups in total. The monoisotopic (exact) mass is 402 g/mol. The minimum absolute atomic E-state index is 0.0305. The molecule has 2 saturated carbocycles. The van der Waals surface area contributed by atoms with E-state index in [9.17, 15) is 9.59 Å². The highest BCUT2D eigenvalue weighted by Crippen LogP contribution is 2.69. The van der Waals surface area contributed by atoms with Crippen LogP contribution in [0.5, 0.6) is 0 Å². The van der Waals surface area contributed by atoms with Crippen LogP contribution in [0.15, 0.2) is 24.3 Å². The van der Waals surface area contributed by atoms with Crippen LogP contribution in [0, 0.1) is 28.1 Å². The highest BCUT2D eigenvalue weighted by Gasteiger charge is 2.72. The van der Waals surface area contributed by atoms with Crippen molar-refractivity contribution < 1.29 is 23.8 Å². The topological polar surface area (TPSA) is 65.1 Å². The molecule has 0 unspecified atom stereocenters.